The van der Waals surface area contributed by atoms with Crippen molar-refractivity contribution in [3.63, 3.8) is 0 Å². The molecule has 0 spiro atoms. The SMILES string of the molecule is C[C@]1(CCc2ccccc2)CCNC1. The zero-order valence-corrected chi connectivity index (χ0v) is 8.92. The van der Waals surface area contributed by atoms with E-state index in [1.165, 1.54) is 37.9 Å². The van der Waals surface area contributed by atoms with E-state index in [1.54, 1.807) is 0 Å². The van der Waals surface area contributed by atoms with Gasteiger partial charge >= 0.3 is 0 Å². The number of benzene rings is 1. The summed E-state index contributed by atoms with van der Waals surface area (Å²) in [5.41, 5.74) is 2.01. The first kappa shape index (κ1) is 9.72. The molecule has 0 amide bonds. The van der Waals surface area contributed by atoms with Gasteiger partial charge in [-0.2, -0.15) is 0 Å². The van der Waals surface area contributed by atoms with Crippen LogP contribution in [0, 0.1) is 5.41 Å². The molecule has 1 N–H and O–H groups in total. The van der Waals surface area contributed by atoms with Gasteiger partial charge in [-0.1, -0.05) is 37.3 Å². The summed E-state index contributed by atoms with van der Waals surface area (Å²) in [6.45, 7) is 4.79. The van der Waals surface area contributed by atoms with Crippen LogP contribution in [-0.4, -0.2) is 13.1 Å². The number of aryl methyl sites for hydroxylation is 1. The van der Waals surface area contributed by atoms with Crippen LogP contribution >= 0.6 is 0 Å². The predicted molar refractivity (Wildman–Crippen MR) is 60.4 cm³/mol. The quantitative estimate of drug-likeness (QED) is 0.770. The average molecular weight is 189 g/mol. The molecule has 76 valence electrons. The summed E-state index contributed by atoms with van der Waals surface area (Å²) in [5, 5.41) is 3.45. The highest BCUT2D eigenvalue weighted by Crippen LogP contribution is 2.29. The van der Waals surface area contributed by atoms with E-state index >= 15 is 0 Å². The maximum atomic E-state index is 3.45. The third-order valence-corrected chi connectivity index (χ3v) is 3.32. The smallest absolute Gasteiger partial charge is 0.000575 e. The van der Waals surface area contributed by atoms with E-state index in [1.807, 2.05) is 0 Å². The third kappa shape index (κ3) is 2.36. The topological polar surface area (TPSA) is 12.0 Å². The second-order valence-electron chi connectivity index (χ2n) is 4.72. The van der Waals surface area contributed by atoms with Gasteiger partial charge in [0, 0.05) is 6.54 Å². The molecule has 1 heterocycles. The first-order chi connectivity index (χ1) is 6.79. The summed E-state index contributed by atoms with van der Waals surface area (Å²) < 4.78 is 0. The highest BCUT2D eigenvalue weighted by molar-refractivity contribution is 5.15. The lowest BCUT2D eigenvalue weighted by molar-refractivity contribution is 0.335. The van der Waals surface area contributed by atoms with E-state index in [4.69, 9.17) is 0 Å². The second-order valence-corrected chi connectivity index (χ2v) is 4.72. The molecule has 14 heavy (non-hydrogen) atoms. The molecule has 1 heteroatoms. The van der Waals surface area contributed by atoms with Crippen LogP contribution in [0.1, 0.15) is 25.3 Å². The molecular weight excluding hydrogens is 170 g/mol. The molecule has 0 unspecified atom stereocenters. The van der Waals surface area contributed by atoms with Crippen molar-refractivity contribution < 1.29 is 0 Å². The summed E-state index contributed by atoms with van der Waals surface area (Å²) in [4.78, 5) is 0. The van der Waals surface area contributed by atoms with E-state index in [0.29, 0.717) is 5.41 Å². The summed E-state index contributed by atoms with van der Waals surface area (Å²) >= 11 is 0. The highest BCUT2D eigenvalue weighted by Gasteiger charge is 2.27. The van der Waals surface area contributed by atoms with E-state index in [2.05, 4.69) is 42.6 Å². The van der Waals surface area contributed by atoms with Crippen molar-refractivity contribution in [2.75, 3.05) is 13.1 Å². The Hall–Kier alpha value is -0.820. The lowest BCUT2D eigenvalue weighted by Gasteiger charge is -2.22. The van der Waals surface area contributed by atoms with Crippen LogP contribution in [0.15, 0.2) is 30.3 Å². The van der Waals surface area contributed by atoms with Crippen molar-refractivity contribution in [3.8, 4) is 0 Å². The Morgan fingerprint density at radius 2 is 2.07 bits per heavy atom. The first-order valence-electron chi connectivity index (χ1n) is 5.53. The molecule has 1 fully saturated rings. The van der Waals surface area contributed by atoms with Gasteiger partial charge in [-0.3, -0.25) is 0 Å². The van der Waals surface area contributed by atoms with Gasteiger partial charge in [0.2, 0.25) is 0 Å². The van der Waals surface area contributed by atoms with Crippen molar-refractivity contribution in [2.24, 2.45) is 5.41 Å². The van der Waals surface area contributed by atoms with Crippen LogP contribution in [0.5, 0.6) is 0 Å². The Balaban J connectivity index is 1.88. The van der Waals surface area contributed by atoms with Crippen molar-refractivity contribution in [3.05, 3.63) is 35.9 Å². The minimum atomic E-state index is 0.538. The van der Waals surface area contributed by atoms with Crippen LogP contribution in [0.25, 0.3) is 0 Å². The lowest BCUT2D eigenvalue weighted by atomic mass is 9.83. The summed E-state index contributed by atoms with van der Waals surface area (Å²) in [6.07, 6.45) is 3.86. The number of hydrogen-bond donors (Lipinski definition) is 1. The number of rotatable bonds is 3. The molecule has 0 aromatic heterocycles. The van der Waals surface area contributed by atoms with Gasteiger partial charge in [-0.25, -0.2) is 0 Å². The molecule has 0 bridgehead atoms. The van der Waals surface area contributed by atoms with Crippen LogP contribution in [0.3, 0.4) is 0 Å². The molecular formula is C13H19N. The average Bonchev–Trinajstić information content (AvgIpc) is 2.65. The molecule has 1 aliphatic heterocycles. The van der Waals surface area contributed by atoms with Gasteiger partial charge < -0.3 is 5.32 Å². The minimum Gasteiger partial charge on any atom is -0.316 e. The Labute approximate surface area is 86.5 Å². The Kier molecular flexibility index (Phi) is 2.87. The normalized spacial score (nSPS) is 26.6. The van der Waals surface area contributed by atoms with Crippen molar-refractivity contribution >= 4 is 0 Å². The van der Waals surface area contributed by atoms with E-state index < -0.39 is 0 Å². The predicted octanol–water partition coefficient (Wildman–Crippen LogP) is 2.62. The maximum absolute atomic E-state index is 3.45. The third-order valence-electron chi connectivity index (χ3n) is 3.32. The maximum Gasteiger partial charge on any atom is 0.000575 e. The minimum absolute atomic E-state index is 0.538. The van der Waals surface area contributed by atoms with Gasteiger partial charge in [0.05, 0.1) is 0 Å². The van der Waals surface area contributed by atoms with Crippen LogP contribution in [0.2, 0.25) is 0 Å². The molecule has 1 atom stereocenters. The van der Waals surface area contributed by atoms with Gasteiger partial charge in [-0.05, 0) is 36.8 Å². The number of hydrogen-bond acceptors (Lipinski definition) is 1. The van der Waals surface area contributed by atoms with E-state index in [-0.39, 0.29) is 0 Å². The molecule has 0 aliphatic carbocycles. The zero-order valence-electron chi connectivity index (χ0n) is 8.92. The fourth-order valence-corrected chi connectivity index (χ4v) is 2.17. The summed E-state index contributed by atoms with van der Waals surface area (Å²) in [7, 11) is 0. The summed E-state index contributed by atoms with van der Waals surface area (Å²) in [5.74, 6) is 0. The standard InChI is InChI=1S/C13H19N/c1-13(9-10-14-11-13)8-7-12-5-3-2-4-6-12/h2-6,14H,7-11H2,1H3/t13-/m0/s1. The second kappa shape index (κ2) is 4.14. The number of nitrogens with one attached hydrogen (secondary N) is 1. The monoisotopic (exact) mass is 189 g/mol. The van der Waals surface area contributed by atoms with Gasteiger partial charge in [-0.15, -0.1) is 0 Å². The Morgan fingerprint density at radius 3 is 2.71 bits per heavy atom. The van der Waals surface area contributed by atoms with E-state index in [9.17, 15) is 0 Å². The highest BCUT2D eigenvalue weighted by atomic mass is 14.9. The lowest BCUT2D eigenvalue weighted by Crippen LogP contribution is -2.20. The Bertz CT molecular complexity index is 273. The summed E-state index contributed by atoms with van der Waals surface area (Å²) in [6, 6.07) is 10.8. The largest absolute Gasteiger partial charge is 0.316 e. The van der Waals surface area contributed by atoms with Crippen LogP contribution in [-0.2, 0) is 6.42 Å². The van der Waals surface area contributed by atoms with Crippen LogP contribution < -0.4 is 5.32 Å². The Morgan fingerprint density at radius 1 is 1.29 bits per heavy atom. The van der Waals surface area contributed by atoms with Crippen LogP contribution in [0.4, 0.5) is 0 Å². The molecule has 1 aromatic carbocycles. The molecule has 1 aromatic rings. The first-order valence-corrected chi connectivity index (χ1v) is 5.53. The van der Waals surface area contributed by atoms with E-state index in [0.717, 1.165) is 0 Å². The van der Waals surface area contributed by atoms with Crippen molar-refractivity contribution in [1.29, 1.82) is 0 Å². The van der Waals surface area contributed by atoms with Gasteiger partial charge in [0.25, 0.3) is 0 Å². The fourth-order valence-electron chi connectivity index (χ4n) is 2.17. The zero-order chi connectivity index (χ0) is 9.86. The van der Waals surface area contributed by atoms with Gasteiger partial charge in [0.1, 0.15) is 0 Å². The molecule has 0 radical (unpaired) electrons. The van der Waals surface area contributed by atoms with Crippen molar-refractivity contribution in [2.45, 2.75) is 26.2 Å². The molecule has 0 saturated carbocycles. The molecule has 2 rings (SSSR count). The molecule has 1 saturated heterocycles. The van der Waals surface area contributed by atoms with Gasteiger partial charge in [0.15, 0.2) is 0 Å². The van der Waals surface area contributed by atoms with Crippen molar-refractivity contribution in [1.82, 2.24) is 5.32 Å². The fraction of sp³-hybridized carbons (Fsp3) is 0.538. The molecule has 1 aliphatic rings. The molecule has 1 nitrogen and oxygen atoms in total.